The number of fused-ring (bicyclic) bond motifs is 10. The Balaban J connectivity index is 0.000000145. The van der Waals surface area contributed by atoms with Gasteiger partial charge in [-0.15, -0.1) is 0 Å². The third kappa shape index (κ3) is 13.2. The minimum absolute atomic E-state index is 0.620. The molecular weight excluding hydrogens is 1410 g/mol. The van der Waals surface area contributed by atoms with Crippen molar-refractivity contribution >= 4 is 86.4 Å². The zero-order valence-electron chi connectivity index (χ0n) is 63.0. The van der Waals surface area contributed by atoms with Gasteiger partial charge in [-0.05, 0) is 153 Å². The van der Waals surface area contributed by atoms with Gasteiger partial charge in [0.05, 0.1) is 33.8 Å². The molecule has 116 heavy (non-hydrogen) atoms. The van der Waals surface area contributed by atoms with E-state index in [1.54, 1.807) is 0 Å². The molecule has 0 aliphatic rings. The summed E-state index contributed by atoms with van der Waals surface area (Å²) in [6.07, 6.45) is 0. The van der Waals surface area contributed by atoms with Gasteiger partial charge in [-0.3, -0.25) is 0 Å². The first-order valence-electron chi connectivity index (χ1n) is 39.2. The van der Waals surface area contributed by atoms with Crippen molar-refractivity contribution in [1.29, 1.82) is 0 Å². The Labute approximate surface area is 670 Å². The molecule has 4 heterocycles. The zero-order valence-corrected chi connectivity index (χ0v) is 63.0. The average Bonchev–Trinajstić information content (AvgIpc) is 0.740. The fourth-order valence-corrected chi connectivity index (χ4v) is 16.4. The molecule has 0 bridgehead atoms. The summed E-state index contributed by atoms with van der Waals surface area (Å²) in [5.41, 5.74) is 22.8. The van der Waals surface area contributed by atoms with Crippen LogP contribution < -0.4 is 0 Å². The highest BCUT2D eigenvalue weighted by Crippen LogP contribution is 2.45. The summed E-state index contributed by atoms with van der Waals surface area (Å²) >= 11 is 0. The van der Waals surface area contributed by atoms with Crippen LogP contribution in [0.15, 0.2) is 419 Å². The van der Waals surface area contributed by atoms with E-state index in [1.165, 1.54) is 76.1 Å². The highest BCUT2D eigenvalue weighted by atomic mass is 15.0. The number of aromatic nitrogens is 7. The summed E-state index contributed by atoms with van der Waals surface area (Å²) in [7, 11) is 0. The first kappa shape index (κ1) is 68.5. The van der Waals surface area contributed by atoms with Crippen molar-refractivity contribution in [2.24, 2.45) is 0 Å². The van der Waals surface area contributed by atoms with Gasteiger partial charge in [0, 0.05) is 66.1 Å². The van der Waals surface area contributed by atoms with Crippen molar-refractivity contribution in [3.63, 3.8) is 0 Å². The molecule has 4 aromatic heterocycles. The Bertz CT molecular complexity index is 6980. The lowest BCUT2D eigenvalue weighted by molar-refractivity contribution is 1.07. The summed E-state index contributed by atoms with van der Waals surface area (Å²) in [6.45, 7) is 0. The van der Waals surface area contributed by atoms with Crippen LogP contribution in [0.2, 0.25) is 0 Å². The van der Waals surface area contributed by atoms with Crippen LogP contribution in [0.4, 0.5) is 0 Å². The van der Waals surface area contributed by atoms with Gasteiger partial charge in [-0.25, -0.2) is 34.9 Å². The van der Waals surface area contributed by atoms with E-state index in [9.17, 15) is 0 Å². The van der Waals surface area contributed by atoms with Crippen LogP contribution in [0.5, 0.6) is 0 Å². The normalized spacial score (nSPS) is 11.4. The quantitative estimate of drug-likeness (QED) is 0.113. The number of hydrogen-bond donors (Lipinski definition) is 0. The number of pyridine rings is 2. The molecule has 0 amide bonds. The molecular formula is C109H69N7. The van der Waals surface area contributed by atoms with E-state index >= 15 is 0 Å². The van der Waals surface area contributed by atoms with Crippen molar-refractivity contribution < 1.29 is 0 Å². The zero-order chi connectivity index (χ0) is 76.8. The molecule has 0 aliphatic heterocycles. The summed E-state index contributed by atoms with van der Waals surface area (Å²) in [5, 5.41) is 16.6. The smallest absolute Gasteiger partial charge is 0.164 e. The number of benzene rings is 18. The van der Waals surface area contributed by atoms with Crippen LogP contribution in [-0.2, 0) is 0 Å². The molecule has 0 saturated carbocycles. The first-order chi connectivity index (χ1) is 57.4. The van der Waals surface area contributed by atoms with Crippen molar-refractivity contribution in [2.45, 2.75) is 0 Å². The van der Waals surface area contributed by atoms with Gasteiger partial charge >= 0.3 is 0 Å². The molecule has 0 atom stereocenters. The van der Waals surface area contributed by atoms with E-state index in [-0.39, 0.29) is 0 Å². The molecule has 540 valence electrons. The minimum atomic E-state index is 0.620. The standard InChI is InChI=1S/C55H35N3.C54H34N4/c1-3-15-38(16-4-1)52-35-53(39-17-5-2-6-18-39)58-55(57-52)41-27-25-40(26-28-41)51-34-49(45-30-24-37-14-8-10-20-43(37)32-45)50-33-48(46-21-11-12-22-47(46)54(50)56-51)44-29-23-36-13-7-9-19-42(36)31-44;1-3-15-38(16-4-1)52-56-53(39-17-5-2-6-18-39)58-54(57-52)40-27-25-37(26-28-40)50-34-48(44-30-24-36-14-8-10-20-42(36)32-44)49-33-47(45-21-11-12-22-46(45)51(49)55-50)43-29-23-35-13-7-9-19-41(35)31-43/h1-35H;1-34H. The number of hydrogen-bond acceptors (Lipinski definition) is 7. The molecule has 0 spiro atoms. The molecule has 0 unspecified atom stereocenters. The second-order valence-corrected chi connectivity index (χ2v) is 29.5. The SMILES string of the molecule is c1ccc(-c2cc(-c3ccccc3)nc(-c3ccc(-c4cc(-c5ccc6ccccc6c5)c5cc(-c6ccc7ccccc7c6)c6ccccc6c5n4)cc3)n2)cc1.c1ccc(-c2nc(-c3ccccc3)nc(-c3ccc(-c4cc(-c5ccc6ccccc6c5)c5cc(-c6ccc7ccccc7c6)c6ccccc6c5n4)cc3)n2)cc1. The van der Waals surface area contributed by atoms with E-state index in [4.69, 9.17) is 34.9 Å². The van der Waals surface area contributed by atoms with Crippen LogP contribution in [0.1, 0.15) is 0 Å². The summed E-state index contributed by atoms with van der Waals surface area (Å²) in [4.78, 5) is 35.9. The molecule has 0 saturated heterocycles. The fourth-order valence-electron chi connectivity index (χ4n) is 16.4. The van der Waals surface area contributed by atoms with E-state index < -0.39 is 0 Å². The number of nitrogens with zero attached hydrogens (tertiary/aromatic N) is 7. The third-order valence-corrected chi connectivity index (χ3v) is 22.3. The Morgan fingerprint density at radius 3 is 0.672 bits per heavy atom. The topological polar surface area (TPSA) is 90.2 Å². The molecule has 0 aliphatic carbocycles. The first-order valence-corrected chi connectivity index (χ1v) is 39.2. The van der Waals surface area contributed by atoms with Crippen molar-refractivity contribution in [3.8, 4) is 135 Å². The summed E-state index contributed by atoms with van der Waals surface area (Å²) < 4.78 is 0. The molecule has 22 rings (SSSR count). The minimum Gasteiger partial charge on any atom is -0.247 e. The lowest BCUT2D eigenvalue weighted by Crippen LogP contribution is -2.00. The van der Waals surface area contributed by atoms with E-state index in [0.29, 0.717) is 23.3 Å². The maximum Gasteiger partial charge on any atom is 0.164 e. The summed E-state index contributed by atoms with van der Waals surface area (Å²) in [6, 6.07) is 148. The lowest BCUT2D eigenvalue weighted by Gasteiger charge is -2.16. The van der Waals surface area contributed by atoms with Crippen LogP contribution in [-0.4, -0.2) is 34.9 Å². The Hall–Kier alpha value is -15.6. The van der Waals surface area contributed by atoms with Crippen LogP contribution in [0, 0.1) is 0 Å². The maximum atomic E-state index is 5.49. The van der Waals surface area contributed by atoms with Crippen LogP contribution in [0.3, 0.4) is 0 Å². The Morgan fingerprint density at radius 1 is 0.121 bits per heavy atom. The van der Waals surface area contributed by atoms with Crippen molar-refractivity contribution in [1.82, 2.24) is 34.9 Å². The van der Waals surface area contributed by atoms with Gasteiger partial charge in [0.1, 0.15) is 0 Å². The molecule has 22 aromatic rings. The van der Waals surface area contributed by atoms with Gasteiger partial charge in [-0.1, -0.05) is 364 Å². The van der Waals surface area contributed by atoms with E-state index in [2.05, 4.69) is 322 Å². The molecule has 0 fully saturated rings. The predicted molar refractivity (Wildman–Crippen MR) is 483 cm³/mol. The molecule has 0 radical (unpaired) electrons. The molecule has 18 aromatic carbocycles. The number of rotatable bonds is 12. The van der Waals surface area contributed by atoms with Gasteiger partial charge in [0.25, 0.3) is 0 Å². The highest BCUT2D eigenvalue weighted by molar-refractivity contribution is 6.19. The average molecular weight is 1480 g/mol. The van der Waals surface area contributed by atoms with Crippen LogP contribution in [0.25, 0.3) is 222 Å². The maximum absolute atomic E-state index is 5.49. The van der Waals surface area contributed by atoms with Gasteiger partial charge in [0.2, 0.25) is 0 Å². The Morgan fingerprint density at radius 2 is 0.345 bits per heavy atom. The Kier molecular flexibility index (Phi) is 17.5. The second-order valence-electron chi connectivity index (χ2n) is 29.5. The van der Waals surface area contributed by atoms with Gasteiger partial charge < -0.3 is 0 Å². The van der Waals surface area contributed by atoms with E-state index in [0.717, 1.165) is 122 Å². The predicted octanol–water partition coefficient (Wildman–Crippen LogP) is 28.4. The highest BCUT2D eigenvalue weighted by Gasteiger charge is 2.22. The largest absolute Gasteiger partial charge is 0.247 e. The molecule has 7 nitrogen and oxygen atoms in total. The summed E-state index contributed by atoms with van der Waals surface area (Å²) in [5.74, 6) is 2.58. The molecule has 7 heteroatoms. The fraction of sp³-hybridized carbons (Fsp3) is 0. The lowest BCUT2D eigenvalue weighted by atomic mass is 9.90. The second kappa shape index (κ2) is 29.6. The molecule has 0 N–H and O–H groups in total. The monoisotopic (exact) mass is 1480 g/mol. The third-order valence-electron chi connectivity index (χ3n) is 22.3. The van der Waals surface area contributed by atoms with Gasteiger partial charge in [0.15, 0.2) is 23.3 Å². The van der Waals surface area contributed by atoms with Crippen molar-refractivity contribution in [2.75, 3.05) is 0 Å². The van der Waals surface area contributed by atoms with Crippen LogP contribution >= 0.6 is 0 Å². The van der Waals surface area contributed by atoms with Crippen molar-refractivity contribution in [3.05, 3.63) is 419 Å². The van der Waals surface area contributed by atoms with Gasteiger partial charge in [-0.2, -0.15) is 0 Å². The van der Waals surface area contributed by atoms with E-state index in [1.807, 2.05) is 97.1 Å².